The summed E-state index contributed by atoms with van der Waals surface area (Å²) in [7, 11) is 1.49. The molecule has 33 heavy (non-hydrogen) atoms. The van der Waals surface area contributed by atoms with Crippen LogP contribution in [0, 0.1) is 11.3 Å². The molecule has 2 aromatic heterocycles. The first kappa shape index (κ1) is 24.9. The molecule has 1 N–H and O–H groups in total. The first-order valence-electron chi connectivity index (χ1n) is 11.1. The number of hydrogen-bond acceptors (Lipinski definition) is 6. The predicted molar refractivity (Wildman–Crippen MR) is 120 cm³/mol. The molecule has 10 heteroatoms. The van der Waals surface area contributed by atoms with E-state index in [0.717, 1.165) is 23.9 Å². The minimum absolute atomic E-state index is 0. The summed E-state index contributed by atoms with van der Waals surface area (Å²) in [4.78, 5) is 19.0. The summed E-state index contributed by atoms with van der Waals surface area (Å²) in [5.41, 5.74) is 0.376. The van der Waals surface area contributed by atoms with E-state index in [4.69, 9.17) is 9.26 Å². The van der Waals surface area contributed by atoms with Crippen LogP contribution in [0.15, 0.2) is 16.7 Å². The Hall–Kier alpha value is -2.78. The van der Waals surface area contributed by atoms with E-state index in [1.165, 1.54) is 7.11 Å². The lowest BCUT2D eigenvalue weighted by Crippen LogP contribution is -2.30. The van der Waals surface area contributed by atoms with Gasteiger partial charge in [0.15, 0.2) is 23.0 Å². The minimum Gasteiger partial charge on any atom is -0.493 e. The zero-order valence-corrected chi connectivity index (χ0v) is 19.8. The Labute approximate surface area is 193 Å². The third-order valence-electron chi connectivity index (χ3n) is 5.43. The van der Waals surface area contributed by atoms with E-state index in [9.17, 15) is 18.0 Å². The number of pyridine rings is 1. The Morgan fingerprint density at radius 1 is 1.30 bits per heavy atom. The van der Waals surface area contributed by atoms with Crippen molar-refractivity contribution in [2.45, 2.75) is 66.1 Å². The van der Waals surface area contributed by atoms with Crippen LogP contribution in [0.2, 0.25) is 0 Å². The molecule has 2 unspecified atom stereocenters. The van der Waals surface area contributed by atoms with Crippen LogP contribution in [-0.2, 0) is 17.5 Å². The van der Waals surface area contributed by atoms with Gasteiger partial charge in [-0.1, -0.05) is 39.8 Å². The van der Waals surface area contributed by atoms with Gasteiger partial charge < -0.3 is 19.5 Å². The number of amides is 1. The van der Waals surface area contributed by atoms with E-state index < -0.39 is 11.9 Å². The van der Waals surface area contributed by atoms with Crippen molar-refractivity contribution in [2.24, 2.45) is 11.3 Å². The quantitative estimate of drug-likeness (QED) is 0.589. The standard InChI is InChI=1S/C21H25F3N4O3.C2H6.H2/c1-20(2,3)8-17(29)25-19-15(30-4)7-14-18(26-19)13-5-11(13)9-28(14)10-12-6-16(27-31-12)21(22,23)24;1-2;/h6-7,11,13H,5,8-10H2,1-4H3,(H,25,26,29);1-2H3;1H. The highest BCUT2D eigenvalue weighted by Gasteiger charge is 2.47. The number of halogens is 3. The highest BCUT2D eigenvalue weighted by Crippen LogP contribution is 2.55. The fourth-order valence-electron chi connectivity index (χ4n) is 3.95. The number of nitrogens with zero attached hydrogens (tertiary/aromatic N) is 3. The number of rotatable bonds is 5. The van der Waals surface area contributed by atoms with Gasteiger partial charge in [-0.2, -0.15) is 13.2 Å². The van der Waals surface area contributed by atoms with Crippen molar-refractivity contribution < 1.29 is 28.7 Å². The van der Waals surface area contributed by atoms with Gasteiger partial charge in [-0.25, -0.2) is 4.98 Å². The van der Waals surface area contributed by atoms with Crippen molar-refractivity contribution in [1.82, 2.24) is 10.1 Å². The van der Waals surface area contributed by atoms with Gasteiger partial charge in [0.25, 0.3) is 0 Å². The predicted octanol–water partition coefficient (Wildman–Crippen LogP) is 5.87. The molecule has 7 nitrogen and oxygen atoms in total. The molecular weight excluding hydrogens is 437 g/mol. The van der Waals surface area contributed by atoms with Crippen molar-refractivity contribution in [2.75, 3.05) is 23.9 Å². The third-order valence-corrected chi connectivity index (χ3v) is 5.43. The van der Waals surface area contributed by atoms with Crippen molar-refractivity contribution in [3.63, 3.8) is 0 Å². The smallest absolute Gasteiger partial charge is 0.436 e. The van der Waals surface area contributed by atoms with E-state index in [1.54, 1.807) is 6.07 Å². The summed E-state index contributed by atoms with van der Waals surface area (Å²) < 4.78 is 48.9. The number of alkyl halides is 3. The van der Waals surface area contributed by atoms with Gasteiger partial charge in [-0.3, -0.25) is 4.79 Å². The lowest BCUT2D eigenvalue weighted by Gasteiger charge is -2.30. The molecule has 0 bridgehead atoms. The Balaban J connectivity index is 0.00000133. The number of hydrogen-bond donors (Lipinski definition) is 1. The zero-order chi connectivity index (χ0) is 24.6. The molecule has 2 aliphatic rings. The largest absolute Gasteiger partial charge is 0.493 e. The minimum atomic E-state index is -4.55. The summed E-state index contributed by atoms with van der Waals surface area (Å²) in [6, 6.07) is 2.70. The fraction of sp³-hybridized carbons (Fsp3) is 0.609. The van der Waals surface area contributed by atoms with Gasteiger partial charge in [0.2, 0.25) is 5.91 Å². The topological polar surface area (TPSA) is 80.5 Å². The van der Waals surface area contributed by atoms with E-state index in [-0.39, 0.29) is 31.0 Å². The summed E-state index contributed by atoms with van der Waals surface area (Å²) in [6.45, 7) is 10.7. The maximum Gasteiger partial charge on any atom is 0.436 e. The van der Waals surface area contributed by atoms with Crippen LogP contribution in [0.25, 0.3) is 0 Å². The number of carbonyl (C=O) groups excluding carboxylic acids is 1. The van der Waals surface area contributed by atoms with Gasteiger partial charge in [0, 0.05) is 32.4 Å². The molecule has 4 rings (SSSR count). The molecule has 0 radical (unpaired) electrons. The van der Waals surface area contributed by atoms with Gasteiger partial charge in [0.05, 0.1) is 25.0 Å². The maximum atomic E-state index is 12.8. The number of ether oxygens (including phenoxy) is 1. The zero-order valence-electron chi connectivity index (χ0n) is 19.8. The number of carbonyl (C=O) groups is 1. The highest BCUT2D eigenvalue weighted by molar-refractivity contribution is 5.92. The lowest BCUT2D eigenvalue weighted by molar-refractivity contribution is -0.142. The van der Waals surface area contributed by atoms with E-state index in [0.29, 0.717) is 30.5 Å². The Morgan fingerprint density at radius 3 is 2.58 bits per heavy atom. The van der Waals surface area contributed by atoms with E-state index >= 15 is 0 Å². The van der Waals surface area contributed by atoms with Crippen LogP contribution in [-0.4, -0.2) is 29.7 Å². The Bertz CT molecular complexity index is 1000. The SMILES string of the molecule is CC.COc1cc2c(nc1NC(=O)CC(C)(C)C)C1CC1CN2Cc1cc(C(F)(F)F)no1.[HH]. The average Bonchev–Trinajstić information content (AvgIpc) is 3.33. The van der Waals surface area contributed by atoms with Gasteiger partial charge >= 0.3 is 6.18 Å². The van der Waals surface area contributed by atoms with Crippen LogP contribution >= 0.6 is 0 Å². The van der Waals surface area contributed by atoms with Crippen LogP contribution in [0.1, 0.15) is 72.0 Å². The molecule has 1 saturated carbocycles. The molecule has 0 spiro atoms. The third kappa shape index (κ3) is 5.78. The average molecular weight is 471 g/mol. The second kappa shape index (κ2) is 9.23. The molecule has 0 saturated heterocycles. The summed E-state index contributed by atoms with van der Waals surface area (Å²) in [5.74, 6) is 1.38. The summed E-state index contributed by atoms with van der Waals surface area (Å²) >= 11 is 0. The normalized spacial score (nSPS) is 19.1. The first-order chi connectivity index (χ1) is 15.4. The molecule has 1 amide bonds. The second-order valence-corrected chi connectivity index (χ2v) is 9.39. The molecule has 2 aromatic rings. The Morgan fingerprint density at radius 2 is 2.00 bits per heavy atom. The highest BCUT2D eigenvalue weighted by atomic mass is 19.4. The molecule has 1 aliphatic heterocycles. The molecule has 0 aromatic carbocycles. The molecular formula is C23H33F3N4O3. The van der Waals surface area contributed by atoms with Crippen molar-refractivity contribution >= 4 is 17.4 Å². The van der Waals surface area contributed by atoms with Crippen molar-refractivity contribution in [1.29, 1.82) is 0 Å². The molecule has 3 heterocycles. The second-order valence-electron chi connectivity index (χ2n) is 9.39. The number of nitrogens with one attached hydrogen (secondary N) is 1. The summed E-state index contributed by atoms with van der Waals surface area (Å²) in [5, 5.41) is 5.98. The number of anilines is 2. The van der Waals surface area contributed by atoms with E-state index in [1.807, 2.05) is 39.5 Å². The molecule has 2 atom stereocenters. The van der Waals surface area contributed by atoms with Gasteiger partial charge in [-0.15, -0.1) is 0 Å². The monoisotopic (exact) mass is 470 g/mol. The lowest BCUT2D eigenvalue weighted by atomic mass is 9.92. The number of fused-ring (bicyclic) bond motifs is 3. The van der Waals surface area contributed by atoms with E-state index in [2.05, 4.69) is 15.5 Å². The van der Waals surface area contributed by atoms with Gasteiger partial charge in [0.1, 0.15) is 0 Å². The maximum absolute atomic E-state index is 12.8. The first-order valence-corrected chi connectivity index (χ1v) is 11.1. The van der Waals surface area contributed by atoms with Crippen LogP contribution in [0.4, 0.5) is 24.7 Å². The fourth-order valence-corrected chi connectivity index (χ4v) is 3.95. The van der Waals surface area contributed by atoms with Crippen LogP contribution in [0.5, 0.6) is 5.75 Å². The number of methoxy groups -OCH3 is 1. The van der Waals surface area contributed by atoms with Crippen LogP contribution < -0.4 is 15.0 Å². The molecule has 1 fully saturated rings. The summed E-state index contributed by atoms with van der Waals surface area (Å²) in [6.07, 6.45) is -3.27. The molecule has 184 valence electrons. The van der Waals surface area contributed by atoms with Crippen molar-refractivity contribution in [3.8, 4) is 5.75 Å². The Kier molecular flexibility index (Phi) is 6.95. The number of aromatic nitrogens is 2. The van der Waals surface area contributed by atoms with Gasteiger partial charge in [-0.05, 0) is 17.8 Å². The molecule has 1 aliphatic carbocycles. The van der Waals surface area contributed by atoms with Crippen molar-refractivity contribution in [3.05, 3.63) is 29.3 Å². The van der Waals surface area contributed by atoms with Crippen LogP contribution in [0.3, 0.4) is 0 Å².